The number of carbonyl (C=O) groups excluding carboxylic acids is 3. The summed E-state index contributed by atoms with van der Waals surface area (Å²) >= 11 is 0. The minimum Gasteiger partial charge on any atom is -0.381 e. The lowest BCUT2D eigenvalue weighted by Gasteiger charge is -2.29. The van der Waals surface area contributed by atoms with Gasteiger partial charge in [0.1, 0.15) is 0 Å². The smallest absolute Gasteiger partial charge is 0.245 e. The molecule has 12 nitrogen and oxygen atoms in total. The van der Waals surface area contributed by atoms with Crippen molar-refractivity contribution < 1.29 is 44.2 Å². The van der Waals surface area contributed by atoms with Gasteiger partial charge in [-0.2, -0.15) is 0 Å². The Kier molecular flexibility index (Phi) is 14.2. The quantitative estimate of drug-likeness (QED) is 0.110. The zero-order chi connectivity index (χ0) is 20.5. The molecule has 0 fully saturated rings. The normalized spacial score (nSPS) is 11.1. The third kappa shape index (κ3) is 14.0. The summed E-state index contributed by atoms with van der Waals surface area (Å²) in [7, 11) is 0. The van der Waals surface area contributed by atoms with Gasteiger partial charge in [-0.25, -0.2) is 16.4 Å². The van der Waals surface area contributed by atoms with Crippen LogP contribution in [0.1, 0.15) is 32.6 Å². The van der Waals surface area contributed by atoms with Gasteiger partial charge in [0.25, 0.3) is 0 Å². The van der Waals surface area contributed by atoms with Gasteiger partial charge in [0.2, 0.25) is 17.7 Å². The van der Waals surface area contributed by atoms with Gasteiger partial charge in [-0.15, -0.1) is 0 Å². The van der Waals surface area contributed by atoms with Crippen molar-refractivity contribution in [2.45, 2.75) is 32.6 Å². The molecule has 0 heterocycles. The van der Waals surface area contributed by atoms with Gasteiger partial charge in [0, 0.05) is 12.0 Å². The van der Waals surface area contributed by atoms with E-state index >= 15 is 0 Å². The monoisotopic (exact) mass is 395 g/mol. The molecule has 3 amide bonds. The number of hydrogen-bond donors (Lipinski definition) is 6. The van der Waals surface area contributed by atoms with Gasteiger partial charge in [-0.1, -0.05) is 6.92 Å². The van der Waals surface area contributed by atoms with E-state index in [4.69, 9.17) is 29.8 Å². The van der Waals surface area contributed by atoms with Crippen molar-refractivity contribution in [1.82, 2.24) is 16.4 Å². The van der Waals surface area contributed by atoms with Crippen molar-refractivity contribution in [3.63, 3.8) is 0 Å². The third-order valence-electron chi connectivity index (χ3n) is 3.55. The fraction of sp³-hybridized carbons (Fsp3) is 0.800. The molecule has 0 saturated carbocycles. The van der Waals surface area contributed by atoms with Crippen LogP contribution in [0.25, 0.3) is 0 Å². The molecule has 0 aliphatic carbocycles. The Hall–Kier alpha value is -1.83. The second kappa shape index (κ2) is 15.2. The Labute approximate surface area is 157 Å². The number of hydrogen-bond acceptors (Lipinski definition) is 9. The highest BCUT2D eigenvalue weighted by Gasteiger charge is 2.25. The molecule has 0 bridgehead atoms. The molecule has 0 aliphatic heterocycles. The Morgan fingerprint density at radius 1 is 0.704 bits per heavy atom. The average Bonchev–Trinajstić information content (AvgIpc) is 2.67. The standard InChI is InChI=1S/C15H29N3O9/c1-15(10-26-7-3-13(20)17-23,11-27-8-4-14(21)18-24)5-9-25-6-2-12(19)16-22/h22-24H,2-11H2,1H3,(H,16,19)(H,17,20)(H,18,21). The first-order valence-electron chi connectivity index (χ1n) is 8.39. The van der Waals surface area contributed by atoms with Crippen molar-refractivity contribution in [2.75, 3.05) is 39.6 Å². The van der Waals surface area contributed by atoms with Crippen LogP contribution in [0.3, 0.4) is 0 Å². The molecule has 0 spiro atoms. The Morgan fingerprint density at radius 3 is 1.44 bits per heavy atom. The van der Waals surface area contributed by atoms with E-state index in [-0.39, 0.29) is 52.3 Å². The average molecular weight is 395 g/mol. The molecule has 0 radical (unpaired) electrons. The maximum atomic E-state index is 11.0. The molecule has 0 saturated heterocycles. The van der Waals surface area contributed by atoms with Gasteiger partial charge in [0.05, 0.1) is 52.3 Å². The first kappa shape index (κ1) is 25.2. The molecule has 0 aromatic carbocycles. The molecule has 6 N–H and O–H groups in total. The molecule has 0 aromatic rings. The SMILES string of the molecule is CC(CCOCCC(=O)NO)(COCCC(=O)NO)COCCC(=O)NO. The second-order valence-corrected chi connectivity index (χ2v) is 6.13. The molecule has 12 heteroatoms. The summed E-state index contributed by atoms with van der Waals surface area (Å²) in [5, 5.41) is 25.3. The Balaban J connectivity index is 4.29. The molecule has 0 rings (SSSR count). The first-order valence-corrected chi connectivity index (χ1v) is 8.39. The van der Waals surface area contributed by atoms with Crippen LogP contribution < -0.4 is 16.4 Å². The lowest BCUT2D eigenvalue weighted by molar-refractivity contribution is -0.132. The Bertz CT molecular complexity index is 424. The molecule has 0 aromatic heterocycles. The third-order valence-corrected chi connectivity index (χ3v) is 3.55. The van der Waals surface area contributed by atoms with Gasteiger partial charge in [0.15, 0.2) is 0 Å². The van der Waals surface area contributed by atoms with Gasteiger partial charge in [-0.05, 0) is 6.42 Å². The summed E-state index contributed by atoms with van der Waals surface area (Å²) in [5.74, 6) is -1.67. The number of amides is 3. The van der Waals surface area contributed by atoms with Crippen LogP contribution in [-0.2, 0) is 28.6 Å². The number of carbonyl (C=O) groups is 3. The van der Waals surface area contributed by atoms with E-state index in [1.54, 1.807) is 0 Å². The molecular formula is C15H29N3O9. The van der Waals surface area contributed by atoms with E-state index in [1.165, 1.54) is 16.4 Å². The van der Waals surface area contributed by atoms with Crippen molar-refractivity contribution >= 4 is 17.7 Å². The molecule has 27 heavy (non-hydrogen) atoms. The van der Waals surface area contributed by atoms with E-state index < -0.39 is 23.1 Å². The maximum Gasteiger partial charge on any atom is 0.245 e. The van der Waals surface area contributed by atoms with Gasteiger partial charge in [-0.3, -0.25) is 30.0 Å². The second-order valence-electron chi connectivity index (χ2n) is 6.13. The number of rotatable bonds is 16. The topological polar surface area (TPSA) is 176 Å². The molecule has 0 atom stereocenters. The minimum absolute atomic E-state index is 0.00310. The summed E-state index contributed by atoms with van der Waals surface area (Å²) in [5.41, 5.74) is 4.03. The fourth-order valence-corrected chi connectivity index (χ4v) is 1.91. The summed E-state index contributed by atoms with van der Waals surface area (Å²) in [6, 6.07) is 0. The molecular weight excluding hydrogens is 366 g/mol. The number of hydroxylamine groups is 3. The highest BCUT2D eigenvalue weighted by Crippen LogP contribution is 2.23. The van der Waals surface area contributed by atoms with E-state index in [2.05, 4.69) is 0 Å². The van der Waals surface area contributed by atoms with E-state index in [0.717, 1.165) is 0 Å². The lowest BCUT2D eigenvalue weighted by atomic mass is 9.89. The zero-order valence-corrected chi connectivity index (χ0v) is 15.4. The van der Waals surface area contributed by atoms with Gasteiger partial charge < -0.3 is 14.2 Å². The Morgan fingerprint density at radius 2 is 1.07 bits per heavy atom. The van der Waals surface area contributed by atoms with Crippen molar-refractivity contribution in [2.24, 2.45) is 5.41 Å². The zero-order valence-electron chi connectivity index (χ0n) is 15.4. The predicted molar refractivity (Wildman–Crippen MR) is 88.8 cm³/mol. The number of ether oxygens (including phenoxy) is 3. The minimum atomic E-state index is -0.562. The van der Waals surface area contributed by atoms with Crippen LogP contribution in [0.15, 0.2) is 0 Å². The van der Waals surface area contributed by atoms with Crippen LogP contribution in [0, 0.1) is 5.41 Å². The molecule has 0 unspecified atom stereocenters. The van der Waals surface area contributed by atoms with E-state index in [0.29, 0.717) is 13.0 Å². The van der Waals surface area contributed by atoms with Crippen LogP contribution in [0.4, 0.5) is 0 Å². The van der Waals surface area contributed by atoms with Crippen molar-refractivity contribution in [1.29, 1.82) is 0 Å². The maximum absolute atomic E-state index is 11.0. The van der Waals surface area contributed by atoms with E-state index in [1.807, 2.05) is 6.92 Å². The summed E-state index contributed by atoms with van der Waals surface area (Å²) < 4.78 is 16.3. The summed E-state index contributed by atoms with van der Waals surface area (Å²) in [4.78, 5) is 32.8. The highest BCUT2D eigenvalue weighted by atomic mass is 16.5. The fourth-order valence-electron chi connectivity index (χ4n) is 1.91. The van der Waals surface area contributed by atoms with Crippen LogP contribution in [0.2, 0.25) is 0 Å². The molecule has 0 aliphatic rings. The largest absolute Gasteiger partial charge is 0.381 e. The predicted octanol–water partition coefficient (Wildman–Crippen LogP) is -0.881. The van der Waals surface area contributed by atoms with Crippen LogP contribution >= 0.6 is 0 Å². The number of nitrogens with one attached hydrogen (secondary N) is 3. The van der Waals surface area contributed by atoms with Gasteiger partial charge >= 0.3 is 0 Å². The summed E-state index contributed by atoms with van der Waals surface area (Å²) in [6.45, 7) is 2.98. The highest BCUT2D eigenvalue weighted by molar-refractivity contribution is 5.75. The van der Waals surface area contributed by atoms with Crippen molar-refractivity contribution in [3.8, 4) is 0 Å². The van der Waals surface area contributed by atoms with Crippen LogP contribution in [-0.4, -0.2) is 73.0 Å². The lowest BCUT2D eigenvalue weighted by Crippen LogP contribution is -2.32. The first-order chi connectivity index (χ1) is 12.9. The van der Waals surface area contributed by atoms with Crippen LogP contribution in [0.5, 0.6) is 0 Å². The molecule has 158 valence electrons. The summed E-state index contributed by atoms with van der Waals surface area (Å²) in [6.07, 6.45) is 0.520. The van der Waals surface area contributed by atoms with Crippen molar-refractivity contribution in [3.05, 3.63) is 0 Å². The van der Waals surface area contributed by atoms with E-state index in [9.17, 15) is 14.4 Å².